The van der Waals surface area contributed by atoms with Crippen molar-refractivity contribution in [2.45, 2.75) is 25.9 Å². The molecule has 5 heteroatoms. The van der Waals surface area contributed by atoms with Crippen LogP contribution >= 0.6 is 11.6 Å². The Morgan fingerprint density at radius 1 is 1.24 bits per heavy atom. The summed E-state index contributed by atoms with van der Waals surface area (Å²) in [5.74, 6) is -0.315. The third-order valence-electron chi connectivity index (χ3n) is 5.09. The molecule has 0 unspecified atom stereocenters. The minimum Gasteiger partial charge on any atom is -0.368 e. The number of benzene rings is 2. The number of primary amides is 1. The standard InChI is InChI=1S/C20H20ClN3O/c1-2-23-17-6-4-3-5-15(17)16-10-14(7-8-18(16)23)24-12-13(11-21)9-19(24)20(22)25/h3-8,10-11,19H,2,9,12H2,1H3,(H2,22,25)/b13-11-/t19-/m0/s1. The molecule has 1 aliphatic rings. The number of carbonyl (C=O) groups excluding carboxylic acids is 1. The molecular formula is C20H20ClN3O. The van der Waals surface area contributed by atoms with E-state index in [2.05, 4.69) is 54.0 Å². The Balaban J connectivity index is 1.89. The smallest absolute Gasteiger partial charge is 0.240 e. The SMILES string of the molecule is CCn1c2ccccc2c2cc(N3C/C(=C\Cl)C[C@H]3C(N)=O)ccc21. The summed E-state index contributed by atoms with van der Waals surface area (Å²) >= 11 is 5.88. The first-order valence-corrected chi connectivity index (χ1v) is 8.92. The van der Waals surface area contributed by atoms with Crippen molar-refractivity contribution in [1.29, 1.82) is 0 Å². The molecule has 2 N–H and O–H groups in total. The van der Waals surface area contributed by atoms with E-state index in [0.29, 0.717) is 13.0 Å². The van der Waals surface area contributed by atoms with Crippen LogP contribution in [0, 0.1) is 0 Å². The fourth-order valence-electron chi connectivity index (χ4n) is 3.92. The predicted molar refractivity (Wildman–Crippen MR) is 104 cm³/mol. The fourth-order valence-corrected chi connectivity index (χ4v) is 4.08. The van der Waals surface area contributed by atoms with Crippen LogP contribution in [-0.4, -0.2) is 23.1 Å². The van der Waals surface area contributed by atoms with Crippen LogP contribution in [0.2, 0.25) is 0 Å². The molecule has 1 aliphatic heterocycles. The van der Waals surface area contributed by atoms with Gasteiger partial charge in [0.25, 0.3) is 0 Å². The number of para-hydroxylation sites is 1. The van der Waals surface area contributed by atoms with Gasteiger partial charge in [0.15, 0.2) is 0 Å². The second-order valence-corrected chi connectivity index (χ2v) is 6.70. The highest BCUT2D eigenvalue weighted by molar-refractivity contribution is 6.25. The molecule has 1 atom stereocenters. The molecule has 1 fully saturated rings. The Labute approximate surface area is 151 Å². The summed E-state index contributed by atoms with van der Waals surface area (Å²) in [6.07, 6.45) is 0.591. The van der Waals surface area contributed by atoms with Crippen LogP contribution < -0.4 is 10.6 Å². The number of amides is 1. The molecule has 0 bridgehead atoms. The van der Waals surface area contributed by atoms with Crippen molar-refractivity contribution in [3.8, 4) is 0 Å². The van der Waals surface area contributed by atoms with Gasteiger partial charge in [0, 0.05) is 52.5 Å². The fraction of sp³-hybridized carbons (Fsp3) is 0.250. The molecule has 1 aromatic heterocycles. The number of halogens is 1. The molecule has 128 valence electrons. The Kier molecular flexibility index (Phi) is 3.92. The van der Waals surface area contributed by atoms with Crippen molar-refractivity contribution in [1.82, 2.24) is 4.57 Å². The Hall–Kier alpha value is -2.46. The van der Waals surface area contributed by atoms with E-state index < -0.39 is 0 Å². The van der Waals surface area contributed by atoms with E-state index in [0.717, 1.165) is 17.8 Å². The lowest BCUT2D eigenvalue weighted by Crippen LogP contribution is -2.40. The monoisotopic (exact) mass is 353 g/mol. The molecule has 1 saturated heterocycles. The number of anilines is 1. The minimum absolute atomic E-state index is 0.315. The van der Waals surface area contributed by atoms with Crippen LogP contribution in [0.15, 0.2) is 53.6 Å². The van der Waals surface area contributed by atoms with Crippen LogP contribution in [0.4, 0.5) is 5.69 Å². The third-order valence-corrected chi connectivity index (χ3v) is 5.40. The number of nitrogens with two attached hydrogens (primary N) is 1. The van der Waals surface area contributed by atoms with Gasteiger partial charge < -0.3 is 15.2 Å². The summed E-state index contributed by atoms with van der Waals surface area (Å²) < 4.78 is 2.31. The average molecular weight is 354 g/mol. The van der Waals surface area contributed by atoms with Crippen molar-refractivity contribution >= 4 is 45.0 Å². The molecule has 0 saturated carbocycles. The predicted octanol–water partition coefficient (Wildman–Crippen LogP) is 4.00. The highest BCUT2D eigenvalue weighted by Crippen LogP contribution is 2.35. The van der Waals surface area contributed by atoms with Gasteiger partial charge in [-0.25, -0.2) is 0 Å². The van der Waals surface area contributed by atoms with Crippen LogP contribution in [0.3, 0.4) is 0 Å². The van der Waals surface area contributed by atoms with Gasteiger partial charge in [0.2, 0.25) is 5.91 Å². The minimum atomic E-state index is -0.345. The van der Waals surface area contributed by atoms with Crippen molar-refractivity contribution in [3.05, 3.63) is 53.6 Å². The second-order valence-electron chi connectivity index (χ2n) is 6.48. The van der Waals surface area contributed by atoms with Gasteiger partial charge in [-0.05, 0) is 36.8 Å². The van der Waals surface area contributed by atoms with Crippen LogP contribution in [-0.2, 0) is 11.3 Å². The van der Waals surface area contributed by atoms with Crippen LogP contribution in [0.1, 0.15) is 13.3 Å². The number of carbonyl (C=O) groups is 1. The van der Waals surface area contributed by atoms with E-state index in [1.807, 2.05) is 4.90 Å². The number of aromatic nitrogens is 1. The highest BCUT2D eigenvalue weighted by Gasteiger charge is 2.32. The normalized spacial score (nSPS) is 19.4. The Bertz CT molecular complexity index is 1000. The maximum absolute atomic E-state index is 11.9. The summed E-state index contributed by atoms with van der Waals surface area (Å²) in [7, 11) is 0. The topological polar surface area (TPSA) is 51.3 Å². The maximum atomic E-state index is 11.9. The van der Waals surface area contributed by atoms with Crippen LogP contribution in [0.25, 0.3) is 21.8 Å². The number of aryl methyl sites for hydroxylation is 1. The lowest BCUT2D eigenvalue weighted by Gasteiger charge is -2.24. The van der Waals surface area contributed by atoms with E-state index in [1.165, 1.54) is 21.8 Å². The van der Waals surface area contributed by atoms with E-state index in [9.17, 15) is 4.79 Å². The average Bonchev–Trinajstić information content (AvgIpc) is 3.20. The summed E-state index contributed by atoms with van der Waals surface area (Å²) in [5.41, 5.74) is 11.6. The molecule has 2 heterocycles. The molecule has 0 radical (unpaired) electrons. The molecule has 25 heavy (non-hydrogen) atoms. The first kappa shape index (κ1) is 16.0. The number of hydrogen-bond donors (Lipinski definition) is 1. The van der Waals surface area contributed by atoms with Gasteiger partial charge in [-0.3, -0.25) is 4.79 Å². The Morgan fingerprint density at radius 2 is 2.00 bits per heavy atom. The highest BCUT2D eigenvalue weighted by atomic mass is 35.5. The van der Waals surface area contributed by atoms with E-state index in [4.69, 9.17) is 17.3 Å². The molecule has 4 nitrogen and oxygen atoms in total. The van der Waals surface area contributed by atoms with Crippen molar-refractivity contribution in [3.63, 3.8) is 0 Å². The van der Waals surface area contributed by atoms with Gasteiger partial charge in [0.05, 0.1) is 0 Å². The first-order valence-electron chi connectivity index (χ1n) is 8.49. The zero-order chi connectivity index (χ0) is 17.6. The third kappa shape index (κ3) is 2.48. The number of fused-ring (bicyclic) bond motifs is 3. The summed E-state index contributed by atoms with van der Waals surface area (Å²) in [6, 6.07) is 14.4. The van der Waals surface area contributed by atoms with Gasteiger partial charge >= 0.3 is 0 Å². The van der Waals surface area contributed by atoms with Gasteiger partial charge in [0.1, 0.15) is 6.04 Å². The molecule has 0 aliphatic carbocycles. The van der Waals surface area contributed by atoms with E-state index in [1.54, 1.807) is 5.54 Å². The molecule has 1 amide bonds. The van der Waals surface area contributed by atoms with Crippen LogP contribution in [0.5, 0.6) is 0 Å². The molecule has 4 rings (SSSR count). The maximum Gasteiger partial charge on any atom is 0.240 e. The zero-order valence-electron chi connectivity index (χ0n) is 14.1. The van der Waals surface area contributed by atoms with Crippen molar-refractivity contribution in [2.75, 3.05) is 11.4 Å². The molecule has 0 spiro atoms. The quantitative estimate of drug-likeness (QED) is 0.773. The van der Waals surface area contributed by atoms with Gasteiger partial charge in [-0.15, -0.1) is 0 Å². The number of hydrogen-bond acceptors (Lipinski definition) is 2. The van der Waals surface area contributed by atoms with Crippen molar-refractivity contribution in [2.24, 2.45) is 5.73 Å². The number of rotatable bonds is 3. The van der Waals surface area contributed by atoms with Gasteiger partial charge in [-0.1, -0.05) is 29.8 Å². The van der Waals surface area contributed by atoms with E-state index in [-0.39, 0.29) is 11.9 Å². The largest absolute Gasteiger partial charge is 0.368 e. The summed E-state index contributed by atoms with van der Waals surface area (Å²) in [4.78, 5) is 13.9. The number of nitrogens with zero attached hydrogens (tertiary/aromatic N) is 2. The lowest BCUT2D eigenvalue weighted by molar-refractivity contribution is -0.119. The van der Waals surface area contributed by atoms with Gasteiger partial charge in [-0.2, -0.15) is 0 Å². The first-order chi connectivity index (χ1) is 12.1. The Morgan fingerprint density at radius 3 is 2.72 bits per heavy atom. The van der Waals surface area contributed by atoms with E-state index >= 15 is 0 Å². The van der Waals surface area contributed by atoms with Crippen molar-refractivity contribution < 1.29 is 4.79 Å². The molecular weight excluding hydrogens is 334 g/mol. The zero-order valence-corrected chi connectivity index (χ0v) is 14.8. The second kappa shape index (κ2) is 6.12. The lowest BCUT2D eigenvalue weighted by atomic mass is 10.1. The summed E-state index contributed by atoms with van der Waals surface area (Å²) in [6.45, 7) is 3.70. The summed E-state index contributed by atoms with van der Waals surface area (Å²) in [5, 5.41) is 2.42. The molecule has 2 aromatic carbocycles. The molecule has 3 aromatic rings.